The van der Waals surface area contributed by atoms with Gasteiger partial charge in [0.2, 0.25) is 10.0 Å². The molecule has 1 aliphatic heterocycles. The number of ether oxygens (including phenoxy) is 1. The molecule has 0 bridgehead atoms. The van der Waals surface area contributed by atoms with Crippen LogP contribution in [0.5, 0.6) is 5.75 Å². The standard InChI is InChI=1S/C19H24N2O7S3/c1-28-15-4-8-16(9-5-15)30(24,25)19-13-29(22,23)12-18(19)21-11-10-14-2-6-17(7-3-14)31(20,26)27/h2-9,18-19,21H,10-13H2,1H3,(H2,20,26,27)/t18-,19-/m1/s1. The zero-order chi connectivity index (χ0) is 22.9. The van der Waals surface area contributed by atoms with Gasteiger partial charge < -0.3 is 10.1 Å². The summed E-state index contributed by atoms with van der Waals surface area (Å²) in [7, 11) is -9.70. The number of nitrogens with two attached hydrogens (primary N) is 1. The lowest BCUT2D eigenvalue weighted by Gasteiger charge is -2.20. The lowest BCUT2D eigenvalue weighted by Crippen LogP contribution is -2.44. The number of benzene rings is 2. The van der Waals surface area contributed by atoms with E-state index in [9.17, 15) is 25.3 Å². The maximum atomic E-state index is 13.1. The number of rotatable bonds is 8. The van der Waals surface area contributed by atoms with E-state index in [0.29, 0.717) is 18.7 Å². The molecule has 0 aliphatic carbocycles. The van der Waals surface area contributed by atoms with E-state index >= 15 is 0 Å². The van der Waals surface area contributed by atoms with E-state index in [1.165, 1.54) is 43.5 Å². The molecule has 0 amide bonds. The van der Waals surface area contributed by atoms with Crippen LogP contribution in [0.3, 0.4) is 0 Å². The van der Waals surface area contributed by atoms with Crippen molar-refractivity contribution in [2.24, 2.45) is 5.14 Å². The van der Waals surface area contributed by atoms with Crippen molar-refractivity contribution in [3.05, 3.63) is 54.1 Å². The van der Waals surface area contributed by atoms with E-state index < -0.39 is 46.7 Å². The maximum Gasteiger partial charge on any atom is 0.238 e. The Bertz CT molecular complexity index is 1240. The predicted octanol–water partition coefficient (Wildman–Crippen LogP) is 0.114. The summed E-state index contributed by atoms with van der Waals surface area (Å²) < 4.78 is 78.2. The second-order valence-corrected chi connectivity index (χ2v) is 13.2. The molecule has 2 aromatic carbocycles. The number of sulfone groups is 2. The summed E-state index contributed by atoms with van der Waals surface area (Å²) in [5.74, 6) is -0.208. The van der Waals surface area contributed by atoms with Crippen LogP contribution in [0.2, 0.25) is 0 Å². The average molecular weight is 489 g/mol. The van der Waals surface area contributed by atoms with Crippen LogP contribution in [0, 0.1) is 0 Å². The molecule has 0 spiro atoms. The highest BCUT2D eigenvalue weighted by Gasteiger charge is 2.45. The highest BCUT2D eigenvalue weighted by Crippen LogP contribution is 2.27. The molecule has 3 rings (SSSR count). The molecule has 1 heterocycles. The van der Waals surface area contributed by atoms with E-state index in [2.05, 4.69) is 5.32 Å². The van der Waals surface area contributed by atoms with Gasteiger partial charge in [-0.05, 0) is 54.9 Å². The fraction of sp³-hybridized carbons (Fsp3) is 0.368. The summed E-state index contributed by atoms with van der Waals surface area (Å²) in [4.78, 5) is 0.0394. The zero-order valence-electron chi connectivity index (χ0n) is 16.8. The average Bonchev–Trinajstić information content (AvgIpc) is 3.03. The quantitative estimate of drug-likeness (QED) is 0.532. The van der Waals surface area contributed by atoms with Crippen molar-refractivity contribution in [2.75, 3.05) is 25.2 Å². The molecule has 2 aromatic rings. The Labute approximate surface area is 182 Å². The molecule has 170 valence electrons. The van der Waals surface area contributed by atoms with Crippen LogP contribution in [0.25, 0.3) is 0 Å². The van der Waals surface area contributed by atoms with Crippen LogP contribution >= 0.6 is 0 Å². The van der Waals surface area contributed by atoms with E-state index in [1.807, 2.05) is 0 Å². The summed E-state index contributed by atoms with van der Waals surface area (Å²) >= 11 is 0. The molecule has 1 aliphatic rings. The molecular weight excluding hydrogens is 464 g/mol. The van der Waals surface area contributed by atoms with Crippen molar-refractivity contribution in [1.29, 1.82) is 0 Å². The lowest BCUT2D eigenvalue weighted by atomic mass is 10.1. The molecule has 2 atom stereocenters. The van der Waals surface area contributed by atoms with Gasteiger partial charge in [0.25, 0.3) is 0 Å². The van der Waals surface area contributed by atoms with Gasteiger partial charge in [-0.3, -0.25) is 0 Å². The monoisotopic (exact) mass is 488 g/mol. The number of nitrogens with one attached hydrogen (secondary N) is 1. The van der Waals surface area contributed by atoms with Gasteiger partial charge in [-0.2, -0.15) is 0 Å². The van der Waals surface area contributed by atoms with Crippen molar-refractivity contribution in [3.8, 4) is 5.75 Å². The van der Waals surface area contributed by atoms with Gasteiger partial charge in [0, 0.05) is 6.04 Å². The fourth-order valence-corrected chi connectivity index (χ4v) is 8.73. The SMILES string of the molecule is COc1ccc(S(=O)(=O)[C@@H]2CS(=O)(=O)C[C@H]2NCCc2ccc(S(N)(=O)=O)cc2)cc1. The normalized spacial score (nSPS) is 21.1. The van der Waals surface area contributed by atoms with Crippen LogP contribution in [0.15, 0.2) is 58.3 Å². The van der Waals surface area contributed by atoms with Gasteiger partial charge in [0.15, 0.2) is 19.7 Å². The molecule has 0 saturated carbocycles. The minimum atomic E-state index is -3.88. The summed E-state index contributed by atoms with van der Waals surface area (Å²) in [6.45, 7) is 0.323. The first-order chi connectivity index (χ1) is 14.4. The van der Waals surface area contributed by atoms with Gasteiger partial charge >= 0.3 is 0 Å². The van der Waals surface area contributed by atoms with E-state index in [0.717, 1.165) is 5.56 Å². The summed E-state index contributed by atoms with van der Waals surface area (Å²) in [5.41, 5.74) is 0.801. The summed E-state index contributed by atoms with van der Waals surface area (Å²) in [6.07, 6.45) is 0.455. The van der Waals surface area contributed by atoms with Crippen LogP contribution in [-0.2, 0) is 36.1 Å². The second-order valence-electron chi connectivity index (χ2n) is 7.34. The van der Waals surface area contributed by atoms with Crippen LogP contribution in [0.4, 0.5) is 0 Å². The number of sulfonamides is 1. The Hall–Kier alpha value is -1.99. The van der Waals surface area contributed by atoms with Crippen molar-refractivity contribution in [3.63, 3.8) is 0 Å². The molecule has 1 saturated heterocycles. The minimum Gasteiger partial charge on any atom is -0.497 e. The molecule has 31 heavy (non-hydrogen) atoms. The maximum absolute atomic E-state index is 13.1. The van der Waals surface area contributed by atoms with Crippen molar-refractivity contribution in [1.82, 2.24) is 5.32 Å². The first-order valence-corrected chi connectivity index (χ1v) is 14.3. The number of primary sulfonamides is 1. The van der Waals surface area contributed by atoms with Crippen molar-refractivity contribution in [2.45, 2.75) is 27.5 Å². The second kappa shape index (κ2) is 8.87. The molecule has 9 nitrogen and oxygen atoms in total. The van der Waals surface area contributed by atoms with Gasteiger partial charge in [0.1, 0.15) is 5.75 Å². The van der Waals surface area contributed by atoms with E-state index in [1.54, 1.807) is 12.1 Å². The Morgan fingerprint density at radius 1 is 0.968 bits per heavy atom. The third kappa shape index (κ3) is 5.63. The number of hydrogen-bond donors (Lipinski definition) is 2. The summed E-state index contributed by atoms with van der Waals surface area (Å²) in [6, 6.07) is 11.1. The number of methoxy groups -OCH3 is 1. The molecule has 0 aromatic heterocycles. The molecule has 3 N–H and O–H groups in total. The van der Waals surface area contributed by atoms with Crippen LogP contribution in [0.1, 0.15) is 5.56 Å². The lowest BCUT2D eigenvalue weighted by molar-refractivity contribution is 0.414. The molecule has 0 radical (unpaired) electrons. The van der Waals surface area contributed by atoms with Gasteiger partial charge in [-0.15, -0.1) is 0 Å². The third-order valence-electron chi connectivity index (χ3n) is 5.16. The van der Waals surface area contributed by atoms with Gasteiger partial charge in [0.05, 0.1) is 33.7 Å². The third-order valence-corrected chi connectivity index (χ3v) is 10.3. The zero-order valence-corrected chi connectivity index (χ0v) is 19.2. The first kappa shape index (κ1) is 23.7. The Balaban J connectivity index is 1.71. The Morgan fingerprint density at radius 3 is 2.10 bits per heavy atom. The molecule has 12 heteroatoms. The first-order valence-electron chi connectivity index (χ1n) is 9.36. The topological polar surface area (TPSA) is 150 Å². The predicted molar refractivity (Wildman–Crippen MR) is 116 cm³/mol. The van der Waals surface area contributed by atoms with Crippen LogP contribution in [-0.4, -0.2) is 61.7 Å². The van der Waals surface area contributed by atoms with Crippen molar-refractivity contribution >= 4 is 29.7 Å². The minimum absolute atomic E-state index is 0.00301. The molecular formula is C19H24N2O7S3. The largest absolute Gasteiger partial charge is 0.497 e. The summed E-state index contributed by atoms with van der Waals surface area (Å²) in [5, 5.41) is 7.03. The van der Waals surface area contributed by atoms with Crippen molar-refractivity contribution < 1.29 is 30.0 Å². The molecule has 1 fully saturated rings. The Kier molecular flexibility index (Phi) is 6.77. The highest BCUT2D eigenvalue weighted by atomic mass is 32.2. The smallest absolute Gasteiger partial charge is 0.238 e. The Morgan fingerprint density at radius 2 is 1.55 bits per heavy atom. The van der Waals surface area contributed by atoms with E-state index in [4.69, 9.17) is 9.88 Å². The molecule has 0 unspecified atom stereocenters. The van der Waals surface area contributed by atoms with Gasteiger partial charge in [-0.25, -0.2) is 30.4 Å². The van der Waals surface area contributed by atoms with E-state index in [-0.39, 0.29) is 15.5 Å². The fourth-order valence-electron chi connectivity index (χ4n) is 3.50. The highest BCUT2D eigenvalue weighted by molar-refractivity contribution is 7.96. The van der Waals surface area contributed by atoms with Crippen LogP contribution < -0.4 is 15.2 Å². The van der Waals surface area contributed by atoms with Gasteiger partial charge in [-0.1, -0.05) is 12.1 Å². The number of hydrogen-bond acceptors (Lipinski definition) is 8.